The highest BCUT2D eigenvalue weighted by Gasteiger charge is 2.20. The van der Waals surface area contributed by atoms with Gasteiger partial charge >= 0.3 is 5.97 Å². The predicted molar refractivity (Wildman–Crippen MR) is 254 cm³/mol. The molecule has 9 heteroatoms. The Morgan fingerprint density at radius 2 is 0.967 bits per heavy atom. The number of esters is 1. The van der Waals surface area contributed by atoms with Crippen molar-refractivity contribution < 1.29 is 37.3 Å². The second-order valence-corrected chi connectivity index (χ2v) is 18.9. The van der Waals surface area contributed by atoms with Gasteiger partial charge in [-0.05, 0) is 57.8 Å². The molecule has 0 aliphatic rings. The van der Waals surface area contributed by atoms with Crippen molar-refractivity contribution in [3.8, 4) is 0 Å². The molecular formula is C51H94NO7P. The Morgan fingerprint density at radius 3 is 1.45 bits per heavy atom. The van der Waals surface area contributed by atoms with Gasteiger partial charge < -0.3 is 27.9 Å². The molecule has 0 bridgehead atoms. The summed E-state index contributed by atoms with van der Waals surface area (Å²) in [7, 11) is 1.34. The molecule has 0 aromatic rings. The summed E-state index contributed by atoms with van der Waals surface area (Å²) < 4.78 is 34.7. The summed E-state index contributed by atoms with van der Waals surface area (Å²) in [5.74, 6) is -0.339. The fourth-order valence-corrected chi connectivity index (χ4v) is 7.30. The largest absolute Gasteiger partial charge is 0.756 e. The number of rotatable bonds is 45. The van der Waals surface area contributed by atoms with E-state index in [1.54, 1.807) is 0 Å². The SMILES string of the molecule is CC/C=C\C/C=C\C/C=C\C/C=C\C/C=C\CCCCCCCCOCC(COP(=O)([O-])OCC[N+](C)(C)C)OC(=O)CCCCCCCCCCCCCCCCCC. The molecule has 0 radical (unpaired) electrons. The van der Waals surface area contributed by atoms with Crippen molar-refractivity contribution in [1.82, 2.24) is 0 Å². The summed E-state index contributed by atoms with van der Waals surface area (Å²) in [6, 6.07) is 0. The first-order valence-electron chi connectivity index (χ1n) is 24.5. The van der Waals surface area contributed by atoms with Crippen molar-refractivity contribution in [3.05, 3.63) is 60.8 Å². The molecule has 2 atom stereocenters. The Kier molecular flexibility index (Phi) is 42.5. The minimum atomic E-state index is -4.53. The van der Waals surface area contributed by atoms with E-state index in [2.05, 4.69) is 74.6 Å². The molecule has 0 saturated heterocycles. The van der Waals surface area contributed by atoms with Crippen LogP contribution in [0.1, 0.15) is 200 Å². The maximum Gasteiger partial charge on any atom is 0.306 e. The van der Waals surface area contributed by atoms with Crippen LogP contribution in [0.2, 0.25) is 0 Å². The van der Waals surface area contributed by atoms with E-state index in [4.69, 9.17) is 18.5 Å². The monoisotopic (exact) mass is 864 g/mol. The number of hydrogen-bond donors (Lipinski definition) is 0. The maximum absolute atomic E-state index is 12.7. The predicted octanol–water partition coefficient (Wildman–Crippen LogP) is 14.3. The number of quaternary nitrogens is 1. The van der Waals surface area contributed by atoms with Crippen molar-refractivity contribution >= 4 is 13.8 Å². The lowest BCUT2D eigenvalue weighted by atomic mass is 10.0. The maximum atomic E-state index is 12.7. The summed E-state index contributed by atoms with van der Waals surface area (Å²) in [6.45, 7) is 5.28. The van der Waals surface area contributed by atoms with Gasteiger partial charge in [0, 0.05) is 13.0 Å². The Labute approximate surface area is 370 Å². The van der Waals surface area contributed by atoms with Crippen molar-refractivity contribution in [1.29, 1.82) is 0 Å². The molecule has 60 heavy (non-hydrogen) atoms. The van der Waals surface area contributed by atoms with Crippen molar-refractivity contribution in [2.24, 2.45) is 0 Å². The van der Waals surface area contributed by atoms with Crippen LogP contribution in [0, 0.1) is 0 Å². The fourth-order valence-electron chi connectivity index (χ4n) is 6.57. The molecule has 0 amide bonds. The summed E-state index contributed by atoms with van der Waals surface area (Å²) in [4.78, 5) is 25.1. The van der Waals surface area contributed by atoms with E-state index in [0.717, 1.165) is 77.0 Å². The number of phosphoric acid groups is 1. The lowest BCUT2D eigenvalue weighted by Crippen LogP contribution is -2.37. The van der Waals surface area contributed by atoms with Gasteiger partial charge in [-0.3, -0.25) is 9.36 Å². The Morgan fingerprint density at radius 1 is 0.533 bits per heavy atom. The summed E-state index contributed by atoms with van der Waals surface area (Å²) in [6.07, 6.45) is 55.2. The molecule has 8 nitrogen and oxygen atoms in total. The van der Waals surface area contributed by atoms with E-state index < -0.39 is 13.9 Å². The smallest absolute Gasteiger partial charge is 0.306 e. The molecule has 0 saturated carbocycles. The lowest BCUT2D eigenvalue weighted by molar-refractivity contribution is -0.870. The molecule has 350 valence electrons. The average molecular weight is 864 g/mol. The summed E-state index contributed by atoms with van der Waals surface area (Å²) in [5.41, 5.74) is 0. The number of phosphoric ester groups is 1. The molecular weight excluding hydrogens is 770 g/mol. The van der Waals surface area contributed by atoms with Crippen LogP contribution in [-0.2, 0) is 27.9 Å². The Hall–Kier alpha value is -1.80. The van der Waals surface area contributed by atoms with Crippen LogP contribution in [-0.4, -0.2) is 70.7 Å². The Balaban J connectivity index is 4.20. The van der Waals surface area contributed by atoms with Crippen LogP contribution in [0.5, 0.6) is 0 Å². The minimum Gasteiger partial charge on any atom is -0.756 e. The second-order valence-electron chi connectivity index (χ2n) is 17.4. The number of nitrogens with zero attached hydrogens (tertiary/aromatic N) is 1. The van der Waals surface area contributed by atoms with E-state index in [-0.39, 0.29) is 25.8 Å². The van der Waals surface area contributed by atoms with Crippen LogP contribution >= 0.6 is 7.82 Å². The van der Waals surface area contributed by atoms with Crippen LogP contribution in [0.15, 0.2) is 60.8 Å². The van der Waals surface area contributed by atoms with Crippen LogP contribution in [0.4, 0.5) is 0 Å². The van der Waals surface area contributed by atoms with Crippen molar-refractivity contribution in [3.63, 3.8) is 0 Å². The molecule has 2 unspecified atom stereocenters. The molecule has 0 aliphatic heterocycles. The van der Waals surface area contributed by atoms with Gasteiger partial charge in [0.15, 0.2) is 0 Å². The second kappa shape index (κ2) is 43.8. The molecule has 0 aliphatic carbocycles. The number of hydrogen-bond acceptors (Lipinski definition) is 7. The summed E-state index contributed by atoms with van der Waals surface area (Å²) in [5, 5.41) is 0. The quantitative estimate of drug-likeness (QED) is 0.0198. The molecule has 0 spiro atoms. The topological polar surface area (TPSA) is 94.1 Å². The van der Waals surface area contributed by atoms with E-state index in [1.807, 2.05) is 21.1 Å². The molecule has 0 heterocycles. The van der Waals surface area contributed by atoms with E-state index in [1.165, 1.54) is 103 Å². The standard InChI is InChI=1S/C51H94NO7P/c1-6-8-10-12-14-16-18-20-22-24-25-26-27-28-29-31-33-35-37-39-41-43-46-56-48-50(49-58-60(54,55)57-47-45-52(3,4)5)59-51(53)44-42-40-38-36-34-32-30-23-21-19-17-15-13-11-9-7-2/h8,10,14,16,20,22,25-26,28-29,50H,6-7,9,11-13,15,17-19,21,23-24,27,30-49H2,1-5H3/b10-8-,16-14-,22-20-,26-25-,29-28-. The first-order chi connectivity index (χ1) is 29.1. The number of likely N-dealkylation sites (N-methyl/N-ethyl adjacent to an activating group) is 1. The molecule has 0 rings (SSSR count). The average Bonchev–Trinajstić information content (AvgIpc) is 3.20. The first kappa shape index (κ1) is 58.2. The number of ether oxygens (including phenoxy) is 2. The zero-order chi connectivity index (χ0) is 44.1. The number of carbonyl (C=O) groups excluding carboxylic acids is 1. The van der Waals surface area contributed by atoms with Crippen molar-refractivity contribution in [2.75, 3.05) is 54.1 Å². The number of allylic oxidation sites excluding steroid dienone is 10. The molecule has 0 aromatic heterocycles. The number of unbranched alkanes of at least 4 members (excludes halogenated alkanes) is 21. The zero-order valence-corrected chi connectivity index (χ0v) is 40.5. The van der Waals surface area contributed by atoms with Gasteiger partial charge in [0.25, 0.3) is 7.82 Å². The van der Waals surface area contributed by atoms with Gasteiger partial charge in [0.1, 0.15) is 19.3 Å². The van der Waals surface area contributed by atoms with Gasteiger partial charge in [-0.2, -0.15) is 0 Å². The van der Waals surface area contributed by atoms with E-state index in [0.29, 0.717) is 24.1 Å². The normalized spacial score (nSPS) is 14.2. The van der Waals surface area contributed by atoms with E-state index >= 15 is 0 Å². The van der Waals surface area contributed by atoms with E-state index in [9.17, 15) is 14.3 Å². The molecule has 0 aromatic carbocycles. The fraction of sp³-hybridized carbons (Fsp3) is 0.784. The van der Waals surface area contributed by atoms with Gasteiger partial charge in [0.2, 0.25) is 0 Å². The van der Waals surface area contributed by atoms with Crippen molar-refractivity contribution in [2.45, 2.75) is 206 Å². The van der Waals surface area contributed by atoms with Crippen LogP contribution in [0.25, 0.3) is 0 Å². The highest BCUT2D eigenvalue weighted by Crippen LogP contribution is 2.38. The highest BCUT2D eigenvalue weighted by molar-refractivity contribution is 7.45. The zero-order valence-electron chi connectivity index (χ0n) is 39.6. The molecule has 0 fully saturated rings. The number of carbonyl (C=O) groups is 1. The third-order valence-electron chi connectivity index (χ3n) is 10.3. The third kappa shape index (κ3) is 47.3. The third-order valence-corrected chi connectivity index (χ3v) is 11.3. The van der Waals surface area contributed by atoms with Gasteiger partial charge in [-0.1, -0.05) is 197 Å². The van der Waals surface area contributed by atoms with Crippen LogP contribution in [0.3, 0.4) is 0 Å². The molecule has 0 N–H and O–H groups in total. The van der Waals surface area contributed by atoms with Gasteiger partial charge in [0.05, 0.1) is 34.4 Å². The van der Waals surface area contributed by atoms with Gasteiger partial charge in [-0.15, -0.1) is 0 Å². The van der Waals surface area contributed by atoms with Crippen LogP contribution < -0.4 is 4.89 Å². The lowest BCUT2D eigenvalue weighted by Gasteiger charge is -2.28. The Bertz CT molecular complexity index is 1140. The van der Waals surface area contributed by atoms with Gasteiger partial charge in [-0.25, -0.2) is 0 Å². The highest BCUT2D eigenvalue weighted by atomic mass is 31.2. The summed E-state index contributed by atoms with van der Waals surface area (Å²) >= 11 is 0. The first-order valence-corrected chi connectivity index (χ1v) is 26.0. The minimum absolute atomic E-state index is 0.0217.